The van der Waals surface area contributed by atoms with E-state index in [2.05, 4.69) is 16.9 Å². The van der Waals surface area contributed by atoms with Crippen LogP contribution < -0.4 is 5.32 Å². The van der Waals surface area contributed by atoms with E-state index >= 15 is 0 Å². The summed E-state index contributed by atoms with van der Waals surface area (Å²) in [5.74, 6) is -0.207. The molecule has 5 heteroatoms. The Kier molecular flexibility index (Phi) is 3.25. The van der Waals surface area contributed by atoms with Crippen molar-refractivity contribution >= 4 is 28.8 Å². The molecule has 0 fully saturated rings. The van der Waals surface area contributed by atoms with E-state index in [4.69, 9.17) is 11.6 Å². The SMILES string of the molecule is C=CC(=O)NCc1ncc(Cl)s1. The molecule has 0 bridgehead atoms. The second-order valence-electron chi connectivity index (χ2n) is 1.98. The number of thiazole rings is 1. The summed E-state index contributed by atoms with van der Waals surface area (Å²) in [5, 5.41) is 3.38. The lowest BCUT2D eigenvalue weighted by molar-refractivity contribution is -0.116. The minimum absolute atomic E-state index is 0.207. The zero-order valence-corrected chi connectivity index (χ0v) is 7.78. The summed E-state index contributed by atoms with van der Waals surface area (Å²) in [6.07, 6.45) is 2.77. The molecule has 3 nitrogen and oxygen atoms in total. The Morgan fingerprint density at radius 1 is 1.92 bits per heavy atom. The maximum atomic E-state index is 10.7. The molecule has 1 N–H and O–H groups in total. The standard InChI is InChI=1S/C7H7ClN2OS/c1-2-6(11)9-4-7-10-3-5(8)12-7/h2-3H,1,4H2,(H,9,11). The van der Waals surface area contributed by atoms with E-state index in [1.54, 1.807) is 6.20 Å². The lowest BCUT2D eigenvalue weighted by Crippen LogP contribution is -2.19. The van der Waals surface area contributed by atoms with E-state index in [-0.39, 0.29) is 5.91 Å². The third-order valence-electron chi connectivity index (χ3n) is 1.12. The predicted octanol–water partition coefficient (Wildman–Crippen LogP) is 1.60. The molecule has 1 heterocycles. The molecule has 0 spiro atoms. The minimum atomic E-state index is -0.207. The van der Waals surface area contributed by atoms with Gasteiger partial charge in [0, 0.05) is 0 Å². The van der Waals surface area contributed by atoms with Gasteiger partial charge in [-0.05, 0) is 6.08 Å². The summed E-state index contributed by atoms with van der Waals surface area (Å²) in [6.45, 7) is 3.73. The molecule has 0 saturated carbocycles. The van der Waals surface area contributed by atoms with Crippen LogP contribution in [0.1, 0.15) is 5.01 Å². The van der Waals surface area contributed by atoms with Crippen molar-refractivity contribution in [3.05, 3.63) is 28.2 Å². The van der Waals surface area contributed by atoms with Crippen molar-refractivity contribution in [3.8, 4) is 0 Å². The van der Waals surface area contributed by atoms with Crippen LogP contribution in [0.2, 0.25) is 4.34 Å². The van der Waals surface area contributed by atoms with Gasteiger partial charge >= 0.3 is 0 Å². The molecule has 0 atom stereocenters. The normalized spacial score (nSPS) is 9.42. The van der Waals surface area contributed by atoms with Gasteiger partial charge in [-0.25, -0.2) is 4.98 Å². The maximum Gasteiger partial charge on any atom is 0.243 e. The molecule has 1 aromatic rings. The first-order chi connectivity index (χ1) is 5.72. The first kappa shape index (κ1) is 9.22. The van der Waals surface area contributed by atoms with Crippen LogP contribution >= 0.6 is 22.9 Å². The Hall–Kier alpha value is -0.870. The topological polar surface area (TPSA) is 42.0 Å². The smallest absolute Gasteiger partial charge is 0.243 e. The van der Waals surface area contributed by atoms with Gasteiger partial charge in [-0.1, -0.05) is 18.2 Å². The van der Waals surface area contributed by atoms with Crippen LogP contribution in [0.4, 0.5) is 0 Å². The van der Waals surface area contributed by atoms with Gasteiger partial charge in [-0.3, -0.25) is 4.79 Å². The fraction of sp³-hybridized carbons (Fsp3) is 0.143. The zero-order valence-electron chi connectivity index (χ0n) is 6.21. The van der Waals surface area contributed by atoms with Crippen molar-refractivity contribution in [2.75, 3.05) is 0 Å². The Balaban J connectivity index is 2.43. The van der Waals surface area contributed by atoms with Crippen molar-refractivity contribution < 1.29 is 4.79 Å². The number of carbonyl (C=O) groups is 1. The van der Waals surface area contributed by atoms with Crippen molar-refractivity contribution in [2.24, 2.45) is 0 Å². The molecule has 1 aromatic heterocycles. The van der Waals surface area contributed by atoms with E-state index in [1.165, 1.54) is 17.4 Å². The Bertz CT molecular complexity index is 297. The first-order valence-electron chi connectivity index (χ1n) is 3.23. The highest BCUT2D eigenvalue weighted by molar-refractivity contribution is 7.15. The molecule has 0 unspecified atom stereocenters. The summed E-state index contributed by atoms with van der Waals surface area (Å²) in [4.78, 5) is 14.7. The number of halogens is 1. The van der Waals surface area contributed by atoms with Gasteiger partial charge in [-0.2, -0.15) is 0 Å². The maximum absolute atomic E-state index is 10.7. The highest BCUT2D eigenvalue weighted by atomic mass is 35.5. The van der Waals surface area contributed by atoms with E-state index in [1.807, 2.05) is 0 Å². The van der Waals surface area contributed by atoms with Crippen molar-refractivity contribution in [3.63, 3.8) is 0 Å². The van der Waals surface area contributed by atoms with Crippen LogP contribution in [0, 0.1) is 0 Å². The van der Waals surface area contributed by atoms with E-state index in [0.717, 1.165) is 5.01 Å². The summed E-state index contributed by atoms with van der Waals surface area (Å²) < 4.78 is 0.623. The van der Waals surface area contributed by atoms with Crippen LogP contribution in [0.25, 0.3) is 0 Å². The molecular weight excluding hydrogens is 196 g/mol. The molecule has 12 heavy (non-hydrogen) atoms. The van der Waals surface area contributed by atoms with Gasteiger partial charge in [0.1, 0.15) is 9.34 Å². The number of aromatic nitrogens is 1. The summed E-state index contributed by atoms with van der Waals surface area (Å²) in [6, 6.07) is 0. The molecule has 64 valence electrons. The third kappa shape index (κ3) is 2.64. The predicted molar refractivity (Wildman–Crippen MR) is 49.2 cm³/mol. The molecule has 0 radical (unpaired) electrons. The van der Waals surface area contributed by atoms with Crippen molar-refractivity contribution in [1.82, 2.24) is 10.3 Å². The number of nitrogens with zero attached hydrogens (tertiary/aromatic N) is 1. The van der Waals surface area contributed by atoms with E-state index < -0.39 is 0 Å². The van der Waals surface area contributed by atoms with Crippen LogP contribution in [0.3, 0.4) is 0 Å². The third-order valence-corrected chi connectivity index (χ3v) is 2.24. The largest absolute Gasteiger partial charge is 0.346 e. The molecule has 0 saturated heterocycles. The number of hydrogen-bond donors (Lipinski definition) is 1. The van der Waals surface area contributed by atoms with Gasteiger partial charge in [0.25, 0.3) is 0 Å². The highest BCUT2D eigenvalue weighted by Gasteiger charge is 2.00. The van der Waals surface area contributed by atoms with E-state index in [9.17, 15) is 4.79 Å². The van der Waals surface area contributed by atoms with Crippen molar-refractivity contribution in [1.29, 1.82) is 0 Å². The summed E-state index contributed by atoms with van der Waals surface area (Å²) >= 11 is 6.98. The van der Waals surface area contributed by atoms with Crippen LogP contribution in [-0.4, -0.2) is 10.9 Å². The Morgan fingerprint density at radius 3 is 3.17 bits per heavy atom. The number of nitrogens with one attached hydrogen (secondary N) is 1. The second kappa shape index (κ2) is 4.23. The summed E-state index contributed by atoms with van der Waals surface area (Å²) in [5.41, 5.74) is 0. The molecule has 0 aliphatic rings. The summed E-state index contributed by atoms with van der Waals surface area (Å²) in [7, 11) is 0. The van der Waals surface area contributed by atoms with Gasteiger partial charge < -0.3 is 5.32 Å². The van der Waals surface area contributed by atoms with Gasteiger partial charge in [-0.15, -0.1) is 11.3 Å². The van der Waals surface area contributed by atoms with E-state index in [0.29, 0.717) is 10.9 Å². The van der Waals surface area contributed by atoms with Crippen LogP contribution in [-0.2, 0) is 11.3 Å². The Morgan fingerprint density at radius 2 is 2.67 bits per heavy atom. The van der Waals surface area contributed by atoms with Gasteiger partial charge in [0.2, 0.25) is 5.91 Å². The molecule has 1 rings (SSSR count). The first-order valence-corrected chi connectivity index (χ1v) is 4.42. The molecule has 0 aliphatic carbocycles. The fourth-order valence-electron chi connectivity index (χ4n) is 0.605. The average Bonchev–Trinajstić information content (AvgIpc) is 2.47. The van der Waals surface area contributed by atoms with Crippen LogP contribution in [0.15, 0.2) is 18.9 Å². The monoisotopic (exact) mass is 202 g/mol. The number of amides is 1. The molecule has 0 aliphatic heterocycles. The quantitative estimate of drug-likeness (QED) is 0.757. The van der Waals surface area contributed by atoms with Crippen LogP contribution in [0.5, 0.6) is 0 Å². The number of hydrogen-bond acceptors (Lipinski definition) is 3. The molecule has 1 amide bonds. The number of rotatable bonds is 3. The van der Waals surface area contributed by atoms with Crippen molar-refractivity contribution in [2.45, 2.75) is 6.54 Å². The number of carbonyl (C=O) groups excluding carboxylic acids is 1. The average molecular weight is 203 g/mol. The Labute approximate surface area is 79.1 Å². The molecular formula is C7H7ClN2OS. The highest BCUT2D eigenvalue weighted by Crippen LogP contribution is 2.17. The second-order valence-corrected chi connectivity index (χ2v) is 3.73. The van der Waals surface area contributed by atoms with Gasteiger partial charge in [0.05, 0.1) is 12.7 Å². The minimum Gasteiger partial charge on any atom is -0.346 e. The lowest BCUT2D eigenvalue weighted by Gasteiger charge is -1.95. The van der Waals surface area contributed by atoms with Gasteiger partial charge in [0.15, 0.2) is 0 Å². The lowest BCUT2D eigenvalue weighted by atomic mass is 10.5. The fourth-order valence-corrected chi connectivity index (χ4v) is 1.50. The zero-order chi connectivity index (χ0) is 8.97. The molecule has 0 aromatic carbocycles.